The first-order valence-corrected chi connectivity index (χ1v) is 7.41. The van der Waals surface area contributed by atoms with Crippen molar-refractivity contribution in [3.05, 3.63) is 35.9 Å². The topological polar surface area (TPSA) is 15.3 Å². The van der Waals surface area contributed by atoms with Gasteiger partial charge in [-0.15, -0.1) is 0 Å². The first-order chi connectivity index (χ1) is 8.95. The molecule has 2 nitrogen and oxygen atoms in total. The number of nitrogens with one attached hydrogen (secondary N) is 1. The van der Waals surface area contributed by atoms with Crippen molar-refractivity contribution in [2.24, 2.45) is 5.41 Å². The largest absolute Gasteiger partial charge is 0.314 e. The zero-order valence-electron chi connectivity index (χ0n) is 13.2. The molecule has 0 spiro atoms. The van der Waals surface area contributed by atoms with E-state index in [1.165, 1.54) is 12.0 Å². The number of hydrogen-bond donors (Lipinski definition) is 1. The molecule has 0 saturated carbocycles. The number of nitrogens with zero attached hydrogens (tertiary/aromatic N) is 1. The minimum Gasteiger partial charge on any atom is -0.314 e. The normalized spacial score (nSPS) is 14.9. The molecule has 0 aliphatic rings. The van der Waals surface area contributed by atoms with Gasteiger partial charge < -0.3 is 10.2 Å². The molecule has 0 radical (unpaired) electrons. The molecule has 19 heavy (non-hydrogen) atoms. The molecule has 2 heteroatoms. The zero-order valence-corrected chi connectivity index (χ0v) is 13.2. The summed E-state index contributed by atoms with van der Waals surface area (Å²) in [6, 6.07) is 11.3. The van der Waals surface area contributed by atoms with Crippen LogP contribution in [0.1, 0.15) is 39.7 Å². The van der Waals surface area contributed by atoms with Gasteiger partial charge in [-0.25, -0.2) is 0 Å². The third-order valence-electron chi connectivity index (χ3n) is 3.74. The number of benzene rings is 1. The lowest BCUT2D eigenvalue weighted by Gasteiger charge is -2.34. The summed E-state index contributed by atoms with van der Waals surface area (Å²) < 4.78 is 0. The molecule has 0 saturated heterocycles. The fourth-order valence-corrected chi connectivity index (χ4v) is 2.35. The van der Waals surface area contributed by atoms with Crippen LogP contribution in [-0.4, -0.2) is 31.1 Å². The van der Waals surface area contributed by atoms with Crippen LogP contribution in [0.5, 0.6) is 0 Å². The average molecular weight is 262 g/mol. The van der Waals surface area contributed by atoms with Gasteiger partial charge in [0.1, 0.15) is 0 Å². The van der Waals surface area contributed by atoms with Crippen molar-refractivity contribution in [1.82, 2.24) is 10.2 Å². The highest BCUT2D eigenvalue weighted by molar-refractivity contribution is 5.14. The van der Waals surface area contributed by atoms with Crippen LogP contribution in [0.3, 0.4) is 0 Å². The Labute approximate surface area is 119 Å². The van der Waals surface area contributed by atoms with Crippen molar-refractivity contribution < 1.29 is 0 Å². The van der Waals surface area contributed by atoms with Crippen LogP contribution in [0.15, 0.2) is 30.3 Å². The van der Waals surface area contributed by atoms with Gasteiger partial charge >= 0.3 is 0 Å². The molecule has 1 aromatic carbocycles. The second-order valence-corrected chi connectivity index (χ2v) is 6.36. The summed E-state index contributed by atoms with van der Waals surface area (Å²) in [6.45, 7) is 12.3. The van der Waals surface area contributed by atoms with Crippen molar-refractivity contribution in [2.75, 3.05) is 20.1 Å². The molecule has 0 bridgehead atoms. The molecule has 1 N–H and O–H groups in total. The molecular weight excluding hydrogens is 232 g/mol. The van der Waals surface area contributed by atoms with Gasteiger partial charge in [0, 0.05) is 25.7 Å². The van der Waals surface area contributed by atoms with Crippen LogP contribution in [0.25, 0.3) is 0 Å². The van der Waals surface area contributed by atoms with Gasteiger partial charge in [0.2, 0.25) is 0 Å². The van der Waals surface area contributed by atoms with Crippen LogP contribution in [0, 0.1) is 5.41 Å². The predicted octanol–water partition coefficient (Wildman–Crippen LogP) is 3.53. The summed E-state index contributed by atoms with van der Waals surface area (Å²) in [7, 11) is 2.22. The minimum absolute atomic E-state index is 0.341. The van der Waals surface area contributed by atoms with E-state index in [0.717, 1.165) is 19.6 Å². The van der Waals surface area contributed by atoms with Gasteiger partial charge in [0.15, 0.2) is 0 Å². The Balaban J connectivity index is 2.50. The second kappa shape index (κ2) is 7.66. The third-order valence-corrected chi connectivity index (χ3v) is 3.74. The van der Waals surface area contributed by atoms with E-state index < -0.39 is 0 Å². The smallest absolute Gasteiger partial charge is 0.0230 e. The summed E-state index contributed by atoms with van der Waals surface area (Å²) in [5, 5.41) is 3.58. The lowest BCUT2D eigenvalue weighted by atomic mass is 9.86. The van der Waals surface area contributed by atoms with E-state index >= 15 is 0 Å². The van der Waals surface area contributed by atoms with Crippen molar-refractivity contribution in [1.29, 1.82) is 0 Å². The Kier molecular flexibility index (Phi) is 6.53. The monoisotopic (exact) mass is 262 g/mol. The fourth-order valence-electron chi connectivity index (χ4n) is 2.35. The van der Waals surface area contributed by atoms with E-state index in [2.05, 4.69) is 75.3 Å². The summed E-state index contributed by atoms with van der Waals surface area (Å²) in [5.41, 5.74) is 1.73. The van der Waals surface area contributed by atoms with Crippen LogP contribution in [-0.2, 0) is 6.54 Å². The molecule has 0 aliphatic heterocycles. The third kappa shape index (κ3) is 6.22. The second-order valence-electron chi connectivity index (χ2n) is 6.36. The molecule has 1 atom stereocenters. The maximum Gasteiger partial charge on any atom is 0.0230 e. The molecule has 1 rings (SSSR count). The summed E-state index contributed by atoms with van der Waals surface area (Å²) in [6.07, 6.45) is 1.20. The molecule has 0 heterocycles. The van der Waals surface area contributed by atoms with E-state index in [9.17, 15) is 0 Å². The molecule has 1 unspecified atom stereocenters. The van der Waals surface area contributed by atoms with Crippen molar-refractivity contribution in [3.8, 4) is 0 Å². The number of rotatable bonds is 8. The van der Waals surface area contributed by atoms with E-state index in [1.54, 1.807) is 0 Å². The van der Waals surface area contributed by atoms with Gasteiger partial charge in [0.05, 0.1) is 0 Å². The van der Waals surface area contributed by atoms with Crippen LogP contribution in [0.4, 0.5) is 0 Å². The Hall–Kier alpha value is -0.860. The lowest BCUT2D eigenvalue weighted by Crippen LogP contribution is -2.42. The highest BCUT2D eigenvalue weighted by Gasteiger charge is 2.24. The molecule has 108 valence electrons. The van der Waals surface area contributed by atoms with Crippen LogP contribution in [0.2, 0.25) is 0 Å². The van der Waals surface area contributed by atoms with Gasteiger partial charge in [0.25, 0.3) is 0 Å². The van der Waals surface area contributed by atoms with Gasteiger partial charge in [-0.1, -0.05) is 58.0 Å². The Bertz CT molecular complexity index is 348. The molecule has 0 aliphatic carbocycles. The zero-order chi connectivity index (χ0) is 14.3. The number of hydrogen-bond acceptors (Lipinski definition) is 2. The summed E-state index contributed by atoms with van der Waals surface area (Å²) in [5.74, 6) is 0. The molecule has 1 aromatic rings. The van der Waals surface area contributed by atoms with E-state index in [-0.39, 0.29) is 0 Å². The molecule has 0 fully saturated rings. The van der Waals surface area contributed by atoms with Crippen molar-refractivity contribution in [3.63, 3.8) is 0 Å². The quantitative estimate of drug-likeness (QED) is 0.771. The minimum atomic E-state index is 0.341. The molecule has 0 aromatic heterocycles. The standard InChI is InChI=1S/C17H30N2/c1-6-17(4,13-18-15(2)3)14-19(5)12-16-10-8-7-9-11-16/h7-11,15,18H,6,12-14H2,1-5H3. The molecular formula is C17H30N2. The van der Waals surface area contributed by atoms with Crippen LogP contribution < -0.4 is 5.32 Å². The maximum absolute atomic E-state index is 3.58. The predicted molar refractivity (Wildman–Crippen MR) is 84.3 cm³/mol. The Morgan fingerprint density at radius 3 is 2.37 bits per heavy atom. The first kappa shape index (κ1) is 16.2. The maximum atomic E-state index is 3.58. The molecule has 0 amide bonds. The first-order valence-electron chi connectivity index (χ1n) is 7.41. The Morgan fingerprint density at radius 2 is 1.84 bits per heavy atom. The average Bonchev–Trinajstić information content (AvgIpc) is 2.37. The van der Waals surface area contributed by atoms with Crippen molar-refractivity contribution >= 4 is 0 Å². The van der Waals surface area contributed by atoms with E-state index in [1.807, 2.05) is 0 Å². The van der Waals surface area contributed by atoms with Gasteiger partial charge in [-0.3, -0.25) is 0 Å². The van der Waals surface area contributed by atoms with Crippen LogP contribution >= 0.6 is 0 Å². The van der Waals surface area contributed by atoms with E-state index in [0.29, 0.717) is 11.5 Å². The Morgan fingerprint density at radius 1 is 1.21 bits per heavy atom. The van der Waals surface area contributed by atoms with Gasteiger partial charge in [-0.2, -0.15) is 0 Å². The highest BCUT2D eigenvalue weighted by atomic mass is 15.1. The summed E-state index contributed by atoms with van der Waals surface area (Å²) >= 11 is 0. The SMILES string of the molecule is CCC(C)(CNC(C)C)CN(C)Cc1ccccc1. The summed E-state index contributed by atoms with van der Waals surface area (Å²) in [4.78, 5) is 2.43. The van der Waals surface area contributed by atoms with E-state index in [4.69, 9.17) is 0 Å². The highest BCUT2D eigenvalue weighted by Crippen LogP contribution is 2.22. The lowest BCUT2D eigenvalue weighted by molar-refractivity contribution is 0.172. The van der Waals surface area contributed by atoms with Crippen molar-refractivity contribution in [2.45, 2.75) is 46.7 Å². The van der Waals surface area contributed by atoms with Gasteiger partial charge in [-0.05, 0) is 24.4 Å². The fraction of sp³-hybridized carbons (Fsp3) is 0.647.